The minimum atomic E-state index is -3.07. The highest BCUT2D eigenvalue weighted by molar-refractivity contribution is 7.90. The van der Waals surface area contributed by atoms with Crippen molar-refractivity contribution >= 4 is 38.0 Å². The van der Waals surface area contributed by atoms with Gasteiger partial charge in [0.1, 0.15) is 20.8 Å². The number of pyridine rings is 1. The molecule has 1 aliphatic rings. The van der Waals surface area contributed by atoms with E-state index in [4.69, 9.17) is 16.3 Å². The lowest BCUT2D eigenvalue weighted by Crippen LogP contribution is -2.41. The molecule has 0 saturated carbocycles. The molecule has 0 aliphatic carbocycles. The molecule has 0 bridgehead atoms. The van der Waals surface area contributed by atoms with Crippen LogP contribution in [0.25, 0.3) is 10.8 Å². The summed E-state index contributed by atoms with van der Waals surface area (Å²) in [4.78, 5) is 4.39. The van der Waals surface area contributed by atoms with Gasteiger partial charge in [-0.2, -0.15) is 0 Å². The van der Waals surface area contributed by atoms with Crippen LogP contribution in [-0.4, -0.2) is 45.2 Å². The second-order valence-electron chi connectivity index (χ2n) is 6.56. The minimum absolute atomic E-state index is 0.150. The maximum absolute atomic E-state index is 11.8. The van der Waals surface area contributed by atoms with Crippen molar-refractivity contribution in [2.45, 2.75) is 12.8 Å². The zero-order chi connectivity index (χ0) is 17.2. The summed E-state index contributed by atoms with van der Waals surface area (Å²) in [5.74, 6) is 0.815. The number of sulfone groups is 1. The summed E-state index contributed by atoms with van der Waals surface area (Å²) < 4.78 is 29.1. The van der Waals surface area contributed by atoms with Crippen molar-refractivity contribution in [2.75, 3.05) is 37.1 Å². The van der Waals surface area contributed by atoms with Crippen LogP contribution in [0.1, 0.15) is 12.8 Å². The van der Waals surface area contributed by atoms with Crippen LogP contribution in [0.3, 0.4) is 0 Å². The molecule has 0 spiro atoms. The average Bonchev–Trinajstić information content (AvgIpc) is 2.52. The molecule has 130 valence electrons. The van der Waals surface area contributed by atoms with E-state index >= 15 is 0 Å². The zero-order valence-corrected chi connectivity index (χ0v) is 15.2. The van der Waals surface area contributed by atoms with E-state index < -0.39 is 9.84 Å². The van der Waals surface area contributed by atoms with Crippen molar-refractivity contribution < 1.29 is 13.2 Å². The van der Waals surface area contributed by atoms with Crippen LogP contribution in [0.15, 0.2) is 30.3 Å². The Balaban J connectivity index is 1.82. The van der Waals surface area contributed by atoms with E-state index in [1.54, 1.807) is 0 Å². The van der Waals surface area contributed by atoms with Gasteiger partial charge in [0.2, 0.25) is 0 Å². The largest absolute Gasteiger partial charge is 0.381 e. The number of benzene rings is 1. The Morgan fingerprint density at radius 1 is 1.29 bits per heavy atom. The summed E-state index contributed by atoms with van der Waals surface area (Å²) in [7, 11) is -3.07. The number of halogens is 1. The molecule has 1 aromatic carbocycles. The summed E-state index contributed by atoms with van der Waals surface area (Å²) in [6, 6.07) is 9.72. The number of anilines is 1. The van der Waals surface area contributed by atoms with Crippen molar-refractivity contribution in [1.82, 2.24) is 4.98 Å². The van der Waals surface area contributed by atoms with Gasteiger partial charge in [-0.15, -0.1) is 0 Å². The van der Waals surface area contributed by atoms with E-state index in [9.17, 15) is 8.42 Å². The van der Waals surface area contributed by atoms with Gasteiger partial charge in [0.25, 0.3) is 0 Å². The Hall–Kier alpha value is -1.37. The minimum Gasteiger partial charge on any atom is -0.381 e. The molecule has 2 aromatic rings. The summed E-state index contributed by atoms with van der Waals surface area (Å²) in [6.07, 6.45) is 2.72. The number of hydrogen-bond donors (Lipinski definition) is 1. The standard InChI is InChI=1S/C17H21ClN2O3S/c1-24(21,22)12-17(6-8-23-9-7-17)11-19-15-10-13-4-2-3-5-14(13)16(18)20-15/h2-5,10H,6-9,11-12H2,1H3,(H,19,20). The SMILES string of the molecule is CS(=O)(=O)CC1(CNc2cc3ccccc3c(Cl)n2)CCOCC1. The summed E-state index contributed by atoms with van der Waals surface area (Å²) in [5, 5.41) is 5.65. The van der Waals surface area contributed by atoms with Crippen LogP contribution in [0.2, 0.25) is 5.15 Å². The molecule has 1 N–H and O–H groups in total. The van der Waals surface area contributed by atoms with Gasteiger partial charge in [0, 0.05) is 36.8 Å². The maximum atomic E-state index is 11.8. The van der Waals surface area contributed by atoms with Crippen molar-refractivity contribution in [3.05, 3.63) is 35.5 Å². The molecule has 1 fully saturated rings. The maximum Gasteiger partial charge on any atom is 0.148 e. The van der Waals surface area contributed by atoms with Crippen LogP contribution < -0.4 is 5.32 Å². The average molecular weight is 369 g/mol. The van der Waals surface area contributed by atoms with E-state index in [1.165, 1.54) is 6.26 Å². The van der Waals surface area contributed by atoms with Crippen LogP contribution in [0.4, 0.5) is 5.82 Å². The van der Waals surface area contributed by atoms with Crippen molar-refractivity contribution in [1.29, 1.82) is 0 Å². The fourth-order valence-corrected chi connectivity index (χ4v) is 5.02. The highest BCUT2D eigenvalue weighted by atomic mass is 35.5. The van der Waals surface area contributed by atoms with E-state index in [1.807, 2.05) is 30.3 Å². The van der Waals surface area contributed by atoms with Crippen molar-refractivity contribution in [3.8, 4) is 0 Å². The van der Waals surface area contributed by atoms with Gasteiger partial charge in [-0.1, -0.05) is 35.9 Å². The molecule has 1 aromatic heterocycles. The van der Waals surface area contributed by atoms with Gasteiger partial charge in [0.05, 0.1) is 5.75 Å². The molecule has 5 nitrogen and oxygen atoms in total. The van der Waals surface area contributed by atoms with Gasteiger partial charge in [-0.25, -0.2) is 13.4 Å². The van der Waals surface area contributed by atoms with Crippen molar-refractivity contribution in [3.63, 3.8) is 0 Å². The number of rotatable bonds is 5. The fraction of sp³-hybridized carbons (Fsp3) is 0.471. The third kappa shape index (κ3) is 4.18. The monoisotopic (exact) mass is 368 g/mol. The van der Waals surface area contributed by atoms with Crippen molar-refractivity contribution in [2.24, 2.45) is 5.41 Å². The van der Waals surface area contributed by atoms with E-state index in [0.29, 0.717) is 43.6 Å². The quantitative estimate of drug-likeness (QED) is 0.821. The number of ether oxygens (including phenoxy) is 1. The lowest BCUT2D eigenvalue weighted by molar-refractivity contribution is 0.0315. The molecule has 0 unspecified atom stereocenters. The highest BCUT2D eigenvalue weighted by Crippen LogP contribution is 2.33. The zero-order valence-electron chi connectivity index (χ0n) is 13.6. The molecule has 1 saturated heterocycles. The smallest absolute Gasteiger partial charge is 0.148 e. The molecule has 3 rings (SSSR count). The number of fused-ring (bicyclic) bond motifs is 1. The van der Waals surface area contributed by atoms with Crippen LogP contribution in [0, 0.1) is 5.41 Å². The normalized spacial score (nSPS) is 17.8. The third-order valence-corrected chi connectivity index (χ3v) is 5.89. The molecule has 1 aliphatic heterocycles. The predicted octanol–water partition coefficient (Wildman–Crippen LogP) is 3.14. The molecular formula is C17H21ClN2O3S. The van der Waals surface area contributed by atoms with E-state index in [0.717, 1.165) is 10.8 Å². The number of aromatic nitrogens is 1. The Morgan fingerprint density at radius 3 is 2.71 bits per heavy atom. The molecular weight excluding hydrogens is 348 g/mol. The molecule has 7 heteroatoms. The molecule has 24 heavy (non-hydrogen) atoms. The van der Waals surface area contributed by atoms with Gasteiger partial charge < -0.3 is 10.1 Å². The number of nitrogens with one attached hydrogen (secondary N) is 1. The van der Waals surface area contributed by atoms with Crippen LogP contribution >= 0.6 is 11.6 Å². The first-order valence-corrected chi connectivity index (χ1v) is 10.4. The first-order chi connectivity index (χ1) is 11.4. The predicted molar refractivity (Wildman–Crippen MR) is 97.4 cm³/mol. The van der Waals surface area contributed by atoms with E-state index in [2.05, 4.69) is 10.3 Å². The van der Waals surface area contributed by atoms with Gasteiger partial charge in [-0.05, 0) is 24.3 Å². The van der Waals surface area contributed by atoms with Crippen LogP contribution in [-0.2, 0) is 14.6 Å². The highest BCUT2D eigenvalue weighted by Gasteiger charge is 2.36. The Kier molecular flexibility index (Phi) is 4.99. The second kappa shape index (κ2) is 6.86. The lowest BCUT2D eigenvalue weighted by atomic mass is 9.82. The van der Waals surface area contributed by atoms with E-state index in [-0.39, 0.29) is 11.2 Å². The lowest BCUT2D eigenvalue weighted by Gasteiger charge is -2.36. The second-order valence-corrected chi connectivity index (χ2v) is 9.05. The summed E-state index contributed by atoms with van der Waals surface area (Å²) >= 11 is 6.26. The van der Waals surface area contributed by atoms with Gasteiger partial charge >= 0.3 is 0 Å². The summed E-state index contributed by atoms with van der Waals surface area (Å²) in [6.45, 7) is 1.71. The Labute approximate surface area is 147 Å². The third-order valence-electron chi connectivity index (χ3n) is 4.46. The molecule has 0 radical (unpaired) electrons. The first kappa shape index (κ1) is 17.5. The molecule has 0 atom stereocenters. The number of hydrogen-bond acceptors (Lipinski definition) is 5. The number of nitrogens with zero attached hydrogens (tertiary/aromatic N) is 1. The van der Waals surface area contributed by atoms with Gasteiger partial charge in [-0.3, -0.25) is 0 Å². The van der Waals surface area contributed by atoms with Gasteiger partial charge in [0.15, 0.2) is 0 Å². The molecule has 2 heterocycles. The first-order valence-electron chi connectivity index (χ1n) is 7.92. The molecule has 0 amide bonds. The fourth-order valence-electron chi connectivity index (χ4n) is 3.26. The Bertz CT molecular complexity index is 833. The topological polar surface area (TPSA) is 68.3 Å². The Morgan fingerprint density at radius 2 is 2.00 bits per heavy atom. The van der Waals surface area contributed by atoms with Crippen LogP contribution in [0.5, 0.6) is 0 Å². The summed E-state index contributed by atoms with van der Waals surface area (Å²) in [5.41, 5.74) is -0.328.